The first-order valence-corrected chi connectivity index (χ1v) is 8.53. The van der Waals surface area contributed by atoms with Crippen LogP contribution in [0.4, 0.5) is 5.69 Å². The van der Waals surface area contributed by atoms with Gasteiger partial charge in [0.1, 0.15) is 0 Å². The Labute approximate surface area is 129 Å². The van der Waals surface area contributed by atoms with Gasteiger partial charge in [-0.2, -0.15) is 0 Å². The molecule has 2 N–H and O–H groups in total. The summed E-state index contributed by atoms with van der Waals surface area (Å²) in [5, 5.41) is 2.86. The highest BCUT2D eigenvalue weighted by molar-refractivity contribution is 7.92. The van der Waals surface area contributed by atoms with E-state index in [2.05, 4.69) is 15.0 Å². The molecule has 0 bridgehead atoms. The van der Waals surface area contributed by atoms with Crippen LogP contribution < -0.4 is 10.0 Å². The van der Waals surface area contributed by atoms with Gasteiger partial charge in [0.05, 0.1) is 12.3 Å². The first kappa shape index (κ1) is 16.0. The number of pyridine rings is 1. The van der Waals surface area contributed by atoms with E-state index in [-0.39, 0.29) is 11.9 Å². The van der Waals surface area contributed by atoms with Crippen LogP contribution in [0.1, 0.15) is 28.9 Å². The van der Waals surface area contributed by atoms with E-state index < -0.39 is 10.0 Å². The van der Waals surface area contributed by atoms with Gasteiger partial charge in [-0.05, 0) is 42.8 Å². The third kappa shape index (κ3) is 4.56. The average Bonchev–Trinajstić information content (AvgIpc) is 2.46. The number of rotatable bonds is 5. The second-order valence-corrected chi connectivity index (χ2v) is 6.68. The number of hydrogen-bond acceptors (Lipinski definition) is 4. The molecule has 0 saturated heterocycles. The molecule has 1 amide bonds. The summed E-state index contributed by atoms with van der Waals surface area (Å²) >= 11 is 0. The molecule has 6 nitrogen and oxygen atoms in total. The SMILES string of the molecule is C[C@@H](NC(=O)c1cccc(NS(C)(=O)=O)c1)c1ccncc1. The minimum absolute atomic E-state index is 0.179. The highest BCUT2D eigenvalue weighted by Crippen LogP contribution is 2.15. The van der Waals surface area contributed by atoms with Crippen molar-refractivity contribution < 1.29 is 13.2 Å². The monoisotopic (exact) mass is 319 g/mol. The Balaban J connectivity index is 2.11. The van der Waals surface area contributed by atoms with Crippen LogP contribution in [-0.4, -0.2) is 25.6 Å². The molecule has 1 aromatic carbocycles. The van der Waals surface area contributed by atoms with Crippen molar-refractivity contribution in [2.24, 2.45) is 0 Å². The van der Waals surface area contributed by atoms with E-state index >= 15 is 0 Å². The normalized spacial score (nSPS) is 12.5. The lowest BCUT2D eigenvalue weighted by atomic mass is 10.1. The van der Waals surface area contributed by atoms with Gasteiger partial charge in [-0.15, -0.1) is 0 Å². The molecule has 0 aliphatic rings. The first-order chi connectivity index (χ1) is 10.3. The third-order valence-corrected chi connectivity index (χ3v) is 3.59. The van der Waals surface area contributed by atoms with E-state index in [0.717, 1.165) is 11.8 Å². The molecule has 1 aromatic heterocycles. The fraction of sp³-hybridized carbons (Fsp3) is 0.200. The Morgan fingerprint density at radius 1 is 1.18 bits per heavy atom. The number of aromatic nitrogens is 1. The number of anilines is 1. The summed E-state index contributed by atoms with van der Waals surface area (Å²) in [6.45, 7) is 1.87. The topological polar surface area (TPSA) is 88.2 Å². The smallest absolute Gasteiger partial charge is 0.251 e. The number of nitrogens with zero attached hydrogens (tertiary/aromatic N) is 1. The Bertz CT molecular complexity index is 761. The van der Waals surface area contributed by atoms with Crippen LogP contribution in [0, 0.1) is 0 Å². The maximum absolute atomic E-state index is 12.2. The van der Waals surface area contributed by atoms with Crippen LogP contribution in [0.25, 0.3) is 0 Å². The Morgan fingerprint density at radius 3 is 2.50 bits per heavy atom. The van der Waals surface area contributed by atoms with Crippen molar-refractivity contribution in [1.82, 2.24) is 10.3 Å². The maximum atomic E-state index is 12.2. The van der Waals surface area contributed by atoms with Gasteiger partial charge in [0.25, 0.3) is 5.91 Å². The third-order valence-electron chi connectivity index (χ3n) is 2.98. The predicted octanol–water partition coefficient (Wildman–Crippen LogP) is 1.94. The Hall–Kier alpha value is -2.41. The van der Waals surface area contributed by atoms with Crippen LogP contribution in [0.3, 0.4) is 0 Å². The van der Waals surface area contributed by atoms with E-state index in [1.54, 1.807) is 30.6 Å². The summed E-state index contributed by atoms with van der Waals surface area (Å²) in [4.78, 5) is 16.2. The van der Waals surface area contributed by atoms with E-state index in [4.69, 9.17) is 0 Å². The summed E-state index contributed by atoms with van der Waals surface area (Å²) in [5.41, 5.74) is 1.68. The van der Waals surface area contributed by atoms with Gasteiger partial charge in [0.2, 0.25) is 10.0 Å². The number of hydrogen-bond donors (Lipinski definition) is 2. The zero-order valence-electron chi connectivity index (χ0n) is 12.3. The molecule has 7 heteroatoms. The summed E-state index contributed by atoms with van der Waals surface area (Å²) in [6.07, 6.45) is 4.38. The second-order valence-electron chi connectivity index (χ2n) is 4.93. The molecule has 0 radical (unpaired) electrons. The minimum Gasteiger partial charge on any atom is -0.346 e. The molecular formula is C15H17N3O3S. The van der Waals surface area contributed by atoms with Crippen LogP contribution in [-0.2, 0) is 10.0 Å². The van der Waals surface area contributed by atoms with E-state index in [1.165, 1.54) is 6.07 Å². The summed E-state index contributed by atoms with van der Waals surface area (Å²) in [7, 11) is -3.37. The summed E-state index contributed by atoms with van der Waals surface area (Å²) in [6, 6.07) is 9.81. The zero-order chi connectivity index (χ0) is 16.2. The zero-order valence-corrected chi connectivity index (χ0v) is 13.1. The number of benzene rings is 1. The average molecular weight is 319 g/mol. The van der Waals surface area contributed by atoms with Gasteiger partial charge in [0.15, 0.2) is 0 Å². The summed E-state index contributed by atoms with van der Waals surface area (Å²) in [5.74, 6) is -0.276. The molecule has 0 saturated carbocycles. The molecule has 2 rings (SSSR count). The number of carbonyl (C=O) groups excluding carboxylic acids is 1. The van der Waals surface area contributed by atoms with Gasteiger partial charge in [-0.3, -0.25) is 14.5 Å². The van der Waals surface area contributed by atoms with Crippen molar-refractivity contribution in [2.45, 2.75) is 13.0 Å². The Morgan fingerprint density at radius 2 is 1.86 bits per heavy atom. The van der Waals surface area contributed by atoms with Gasteiger partial charge >= 0.3 is 0 Å². The van der Waals surface area contributed by atoms with Crippen LogP contribution in [0.5, 0.6) is 0 Å². The quantitative estimate of drug-likeness (QED) is 0.881. The lowest BCUT2D eigenvalue weighted by molar-refractivity contribution is 0.0940. The fourth-order valence-corrected chi connectivity index (χ4v) is 2.51. The van der Waals surface area contributed by atoms with Crippen molar-refractivity contribution >= 4 is 21.6 Å². The Kier molecular flexibility index (Phi) is 4.77. The number of carbonyl (C=O) groups is 1. The van der Waals surface area contributed by atoms with Crippen LogP contribution >= 0.6 is 0 Å². The lowest BCUT2D eigenvalue weighted by Gasteiger charge is -2.14. The minimum atomic E-state index is -3.37. The molecule has 2 aromatic rings. The van der Waals surface area contributed by atoms with Crippen molar-refractivity contribution in [3.05, 3.63) is 59.9 Å². The van der Waals surface area contributed by atoms with Crippen LogP contribution in [0.15, 0.2) is 48.8 Å². The number of amides is 1. The van der Waals surface area contributed by atoms with Crippen molar-refractivity contribution in [3.8, 4) is 0 Å². The van der Waals surface area contributed by atoms with E-state index in [1.807, 2.05) is 19.1 Å². The van der Waals surface area contributed by atoms with Gasteiger partial charge in [-0.1, -0.05) is 6.07 Å². The fourth-order valence-electron chi connectivity index (χ4n) is 1.95. The second kappa shape index (κ2) is 6.57. The highest BCUT2D eigenvalue weighted by atomic mass is 32.2. The van der Waals surface area contributed by atoms with E-state index in [0.29, 0.717) is 11.3 Å². The molecule has 1 atom stereocenters. The van der Waals surface area contributed by atoms with Gasteiger partial charge < -0.3 is 5.32 Å². The largest absolute Gasteiger partial charge is 0.346 e. The summed E-state index contributed by atoms with van der Waals surface area (Å²) < 4.78 is 24.8. The molecule has 0 aliphatic carbocycles. The number of nitrogens with one attached hydrogen (secondary N) is 2. The van der Waals surface area contributed by atoms with E-state index in [9.17, 15) is 13.2 Å². The molecule has 0 unspecified atom stereocenters. The first-order valence-electron chi connectivity index (χ1n) is 6.64. The van der Waals surface area contributed by atoms with Gasteiger partial charge in [0, 0.05) is 23.6 Å². The van der Waals surface area contributed by atoms with Crippen molar-refractivity contribution in [2.75, 3.05) is 11.0 Å². The molecule has 1 heterocycles. The van der Waals surface area contributed by atoms with Crippen molar-refractivity contribution in [3.63, 3.8) is 0 Å². The standard InChI is InChI=1S/C15H17N3O3S/c1-11(12-6-8-16-9-7-12)17-15(19)13-4-3-5-14(10-13)18-22(2,20)21/h3-11,18H,1-2H3,(H,17,19)/t11-/m1/s1. The molecule has 0 fully saturated rings. The van der Waals surface area contributed by atoms with Crippen molar-refractivity contribution in [1.29, 1.82) is 0 Å². The van der Waals surface area contributed by atoms with Crippen LogP contribution in [0.2, 0.25) is 0 Å². The number of sulfonamides is 1. The molecule has 22 heavy (non-hydrogen) atoms. The highest BCUT2D eigenvalue weighted by Gasteiger charge is 2.12. The molecule has 0 aliphatic heterocycles. The lowest BCUT2D eigenvalue weighted by Crippen LogP contribution is -2.26. The molecule has 116 valence electrons. The molecule has 0 spiro atoms. The molecular weight excluding hydrogens is 302 g/mol. The predicted molar refractivity (Wildman–Crippen MR) is 85.0 cm³/mol. The van der Waals surface area contributed by atoms with Gasteiger partial charge in [-0.25, -0.2) is 8.42 Å². The maximum Gasteiger partial charge on any atom is 0.251 e.